The second kappa shape index (κ2) is 3.58. The molecule has 2 heteroatoms. The average molecular weight is 182 g/mol. The smallest absolute Gasteiger partial charge is 0.0284 e. The molecule has 0 spiro atoms. The number of hydrogen-bond acceptors (Lipinski definition) is 2. The third kappa shape index (κ3) is 2.68. The summed E-state index contributed by atoms with van der Waals surface area (Å²) in [6.45, 7) is 2.36. The second-order valence-corrected chi connectivity index (χ2v) is 5.19. The first-order valence-corrected chi connectivity index (χ1v) is 5.65. The second-order valence-electron chi connectivity index (χ2n) is 5.19. The fraction of sp³-hybridized carbons (Fsp3) is 1.00. The summed E-state index contributed by atoms with van der Waals surface area (Å²) >= 11 is 0. The lowest BCUT2D eigenvalue weighted by Gasteiger charge is -2.28. The van der Waals surface area contributed by atoms with Crippen molar-refractivity contribution in [3.05, 3.63) is 0 Å². The van der Waals surface area contributed by atoms with E-state index in [0.29, 0.717) is 0 Å². The Hall–Kier alpha value is -0.0800. The minimum Gasteiger partial charge on any atom is -0.324 e. The lowest BCUT2D eigenvalue weighted by atomic mass is 9.83. The summed E-state index contributed by atoms with van der Waals surface area (Å²) in [5.41, 5.74) is 6.26. The molecule has 0 aliphatic heterocycles. The molecule has 0 aromatic carbocycles. The van der Waals surface area contributed by atoms with Gasteiger partial charge in [0.15, 0.2) is 0 Å². The largest absolute Gasteiger partial charge is 0.324 e. The first kappa shape index (κ1) is 9.47. The Morgan fingerprint density at radius 1 is 1.38 bits per heavy atom. The number of hydrogen-bond donors (Lipinski definition) is 1. The highest BCUT2D eigenvalue weighted by atomic mass is 15.1. The summed E-state index contributed by atoms with van der Waals surface area (Å²) in [6.07, 6.45) is 8.28. The maximum absolute atomic E-state index is 6.06. The molecule has 2 N–H and O–H groups in total. The van der Waals surface area contributed by atoms with E-state index in [2.05, 4.69) is 11.9 Å². The van der Waals surface area contributed by atoms with Crippen LogP contribution < -0.4 is 5.73 Å². The number of nitrogens with two attached hydrogens (primary N) is 1. The van der Waals surface area contributed by atoms with Crippen LogP contribution in [0.2, 0.25) is 0 Å². The first-order valence-electron chi connectivity index (χ1n) is 5.65. The molecule has 0 heterocycles. The first-order chi connectivity index (χ1) is 6.18. The maximum atomic E-state index is 6.06. The minimum absolute atomic E-state index is 0.203. The number of nitrogens with zero attached hydrogens (tertiary/aromatic N) is 1. The third-order valence-electron chi connectivity index (χ3n) is 3.62. The van der Waals surface area contributed by atoms with E-state index < -0.39 is 0 Å². The SMILES string of the molecule is CN(CCC1CCC1)CC1(N)CC1. The van der Waals surface area contributed by atoms with Crippen molar-refractivity contribution in [3.8, 4) is 0 Å². The van der Waals surface area contributed by atoms with Gasteiger partial charge in [-0.25, -0.2) is 0 Å². The summed E-state index contributed by atoms with van der Waals surface area (Å²) < 4.78 is 0. The van der Waals surface area contributed by atoms with E-state index in [0.717, 1.165) is 12.5 Å². The van der Waals surface area contributed by atoms with Crippen LogP contribution in [0.25, 0.3) is 0 Å². The molecule has 2 fully saturated rings. The molecular formula is C11H22N2. The van der Waals surface area contributed by atoms with Gasteiger partial charge in [-0.3, -0.25) is 0 Å². The van der Waals surface area contributed by atoms with Crippen LogP contribution in [0.3, 0.4) is 0 Å². The van der Waals surface area contributed by atoms with Crippen molar-refractivity contribution in [1.82, 2.24) is 4.90 Å². The number of likely N-dealkylation sites (N-methyl/N-ethyl adjacent to an activating group) is 1. The third-order valence-corrected chi connectivity index (χ3v) is 3.62. The standard InChI is InChI=1S/C11H22N2/c1-13(9-11(12)6-7-11)8-5-10-3-2-4-10/h10H,2-9,12H2,1H3. The Kier molecular flexibility index (Phi) is 2.61. The van der Waals surface area contributed by atoms with Crippen LogP contribution in [0.15, 0.2) is 0 Å². The van der Waals surface area contributed by atoms with E-state index in [1.54, 1.807) is 0 Å². The molecule has 0 unspecified atom stereocenters. The van der Waals surface area contributed by atoms with Crippen molar-refractivity contribution >= 4 is 0 Å². The summed E-state index contributed by atoms with van der Waals surface area (Å²) in [5, 5.41) is 0. The Bertz CT molecular complexity index is 171. The molecule has 2 aliphatic carbocycles. The molecule has 2 rings (SSSR count). The molecule has 0 radical (unpaired) electrons. The van der Waals surface area contributed by atoms with Crippen molar-refractivity contribution in [2.24, 2.45) is 11.7 Å². The molecule has 0 saturated heterocycles. The van der Waals surface area contributed by atoms with Gasteiger partial charge in [-0.15, -0.1) is 0 Å². The molecule has 76 valence electrons. The summed E-state index contributed by atoms with van der Waals surface area (Å²) in [5.74, 6) is 1.04. The molecule has 2 aliphatic rings. The van der Waals surface area contributed by atoms with Crippen LogP contribution in [0.5, 0.6) is 0 Å². The van der Waals surface area contributed by atoms with Crippen LogP contribution >= 0.6 is 0 Å². The van der Waals surface area contributed by atoms with Crippen LogP contribution in [0.4, 0.5) is 0 Å². The highest BCUT2D eigenvalue weighted by Crippen LogP contribution is 2.33. The van der Waals surface area contributed by atoms with Gasteiger partial charge in [0.1, 0.15) is 0 Å². The molecule has 2 nitrogen and oxygen atoms in total. The molecular weight excluding hydrogens is 160 g/mol. The van der Waals surface area contributed by atoms with Gasteiger partial charge in [0.25, 0.3) is 0 Å². The van der Waals surface area contributed by atoms with Crippen LogP contribution in [0.1, 0.15) is 38.5 Å². The molecule has 13 heavy (non-hydrogen) atoms. The van der Waals surface area contributed by atoms with Gasteiger partial charge < -0.3 is 10.6 Å². The molecule has 0 bridgehead atoms. The van der Waals surface area contributed by atoms with Crippen LogP contribution in [-0.2, 0) is 0 Å². The highest BCUT2D eigenvalue weighted by Gasteiger charge is 2.38. The predicted octanol–water partition coefficient (Wildman–Crippen LogP) is 1.60. The van der Waals surface area contributed by atoms with Gasteiger partial charge in [-0.2, -0.15) is 0 Å². The minimum atomic E-state index is 0.203. The van der Waals surface area contributed by atoms with Gasteiger partial charge in [0, 0.05) is 12.1 Å². The normalized spacial score (nSPS) is 26.1. The monoisotopic (exact) mass is 182 g/mol. The Morgan fingerprint density at radius 2 is 2.08 bits per heavy atom. The maximum Gasteiger partial charge on any atom is 0.0284 e. The lowest BCUT2D eigenvalue weighted by Crippen LogP contribution is -2.38. The Labute approximate surface area is 81.5 Å². The molecule has 0 atom stereocenters. The molecule has 2 saturated carbocycles. The quantitative estimate of drug-likeness (QED) is 0.700. The predicted molar refractivity (Wildman–Crippen MR) is 55.6 cm³/mol. The molecule has 0 aromatic heterocycles. The fourth-order valence-electron chi connectivity index (χ4n) is 2.12. The summed E-state index contributed by atoms with van der Waals surface area (Å²) in [7, 11) is 2.21. The van der Waals surface area contributed by atoms with Gasteiger partial charge in [-0.1, -0.05) is 19.3 Å². The summed E-state index contributed by atoms with van der Waals surface area (Å²) in [6, 6.07) is 0. The average Bonchev–Trinajstić information content (AvgIpc) is 2.64. The van der Waals surface area contributed by atoms with E-state index in [1.807, 2.05) is 0 Å². The summed E-state index contributed by atoms with van der Waals surface area (Å²) in [4.78, 5) is 2.42. The molecule has 0 aromatic rings. The topological polar surface area (TPSA) is 29.3 Å². The van der Waals surface area contributed by atoms with Crippen molar-refractivity contribution in [2.45, 2.75) is 44.1 Å². The highest BCUT2D eigenvalue weighted by molar-refractivity contribution is 5.00. The van der Waals surface area contributed by atoms with Crippen molar-refractivity contribution in [3.63, 3.8) is 0 Å². The van der Waals surface area contributed by atoms with Gasteiger partial charge in [0.2, 0.25) is 0 Å². The number of rotatable bonds is 5. The zero-order valence-electron chi connectivity index (χ0n) is 8.76. The van der Waals surface area contributed by atoms with E-state index in [9.17, 15) is 0 Å². The zero-order valence-corrected chi connectivity index (χ0v) is 8.76. The van der Waals surface area contributed by atoms with Gasteiger partial charge in [0.05, 0.1) is 0 Å². The van der Waals surface area contributed by atoms with Crippen molar-refractivity contribution < 1.29 is 0 Å². The van der Waals surface area contributed by atoms with Crippen LogP contribution in [-0.4, -0.2) is 30.6 Å². The van der Waals surface area contributed by atoms with Crippen molar-refractivity contribution in [1.29, 1.82) is 0 Å². The zero-order chi connectivity index (χ0) is 9.31. The van der Waals surface area contributed by atoms with E-state index in [4.69, 9.17) is 5.73 Å². The lowest BCUT2D eigenvalue weighted by molar-refractivity contribution is 0.229. The van der Waals surface area contributed by atoms with Crippen molar-refractivity contribution in [2.75, 3.05) is 20.1 Å². The Morgan fingerprint density at radius 3 is 2.54 bits per heavy atom. The Balaban J connectivity index is 1.57. The van der Waals surface area contributed by atoms with Crippen LogP contribution in [0, 0.1) is 5.92 Å². The van der Waals surface area contributed by atoms with Gasteiger partial charge in [-0.05, 0) is 38.8 Å². The van der Waals surface area contributed by atoms with E-state index in [-0.39, 0.29) is 5.54 Å². The van der Waals surface area contributed by atoms with E-state index in [1.165, 1.54) is 45.1 Å². The molecule has 0 amide bonds. The van der Waals surface area contributed by atoms with Gasteiger partial charge >= 0.3 is 0 Å². The fourth-order valence-corrected chi connectivity index (χ4v) is 2.12. The van der Waals surface area contributed by atoms with E-state index >= 15 is 0 Å².